The molecule has 76 valence electrons. The second-order valence-corrected chi connectivity index (χ2v) is 2.07. The van der Waals surface area contributed by atoms with Crippen molar-refractivity contribution in [3.63, 3.8) is 0 Å². The number of ether oxygens (including phenoxy) is 1. The van der Waals surface area contributed by atoms with Crippen molar-refractivity contribution in [2.75, 3.05) is 33.2 Å². The summed E-state index contributed by atoms with van der Waals surface area (Å²) in [6, 6.07) is 0. The van der Waals surface area contributed by atoms with E-state index in [1.54, 1.807) is 6.92 Å². The highest BCUT2D eigenvalue weighted by atomic mass is 19.1. The fourth-order valence-corrected chi connectivity index (χ4v) is 0.323. The molecule has 0 fully saturated rings. The van der Waals surface area contributed by atoms with E-state index in [2.05, 4.69) is 0 Å². The summed E-state index contributed by atoms with van der Waals surface area (Å²) in [6.45, 7) is 2.04. The van der Waals surface area contributed by atoms with E-state index in [9.17, 15) is 8.78 Å². The van der Waals surface area contributed by atoms with Crippen molar-refractivity contribution in [2.45, 2.75) is 19.8 Å². The van der Waals surface area contributed by atoms with Crippen LogP contribution in [0.4, 0.5) is 8.78 Å². The molecule has 0 saturated heterocycles. The molecule has 0 saturated carbocycles. The van der Waals surface area contributed by atoms with Gasteiger partial charge in [0, 0.05) is 6.61 Å². The Morgan fingerprint density at radius 2 is 1.75 bits per heavy atom. The number of hydrogen-bond acceptors (Lipinski definition) is 2. The molecule has 0 rings (SSSR count). The molecule has 0 aliphatic carbocycles. The van der Waals surface area contributed by atoms with Crippen LogP contribution in [-0.2, 0) is 4.74 Å². The molecule has 0 spiro atoms. The Balaban J connectivity index is 0. The van der Waals surface area contributed by atoms with Crippen LogP contribution in [0.2, 0.25) is 0 Å². The number of rotatable bonds is 6. The summed E-state index contributed by atoms with van der Waals surface area (Å²) in [5.74, 6) is 0. The lowest BCUT2D eigenvalue weighted by atomic mass is 10.5. The zero-order chi connectivity index (χ0) is 9.66. The Bertz CT molecular complexity index is 55.0. The highest BCUT2D eigenvalue weighted by Crippen LogP contribution is 1.81. The maximum atomic E-state index is 11.3. The summed E-state index contributed by atoms with van der Waals surface area (Å²) in [5, 5.41) is 8.15. The molecule has 0 aromatic carbocycles. The summed E-state index contributed by atoms with van der Waals surface area (Å²) in [6.07, 6.45) is 1.08. The molecular formula is C8H18F2O2. The Morgan fingerprint density at radius 3 is 2.08 bits per heavy atom. The van der Waals surface area contributed by atoms with Gasteiger partial charge in [-0.25, -0.2) is 0 Å². The van der Waals surface area contributed by atoms with Crippen molar-refractivity contribution in [2.24, 2.45) is 0 Å². The van der Waals surface area contributed by atoms with Crippen LogP contribution in [0.25, 0.3) is 0 Å². The number of aliphatic hydroxyl groups excluding tert-OH is 1. The highest BCUT2D eigenvalue weighted by molar-refractivity contribution is 4.30. The van der Waals surface area contributed by atoms with Crippen LogP contribution < -0.4 is 0 Å². The van der Waals surface area contributed by atoms with E-state index in [0.717, 1.165) is 0 Å². The number of hydrogen-bond donors (Lipinski definition) is 1. The molecule has 0 atom stereocenters. The van der Waals surface area contributed by atoms with E-state index in [1.807, 2.05) is 0 Å². The van der Waals surface area contributed by atoms with Crippen LogP contribution in [-0.4, -0.2) is 38.3 Å². The first-order chi connectivity index (χ1) is 5.83. The number of aliphatic hydroxyl groups is 1. The summed E-state index contributed by atoms with van der Waals surface area (Å²) in [5.41, 5.74) is 0. The molecule has 0 bridgehead atoms. The molecule has 0 amide bonds. The molecule has 0 radical (unpaired) electrons. The number of alkyl halides is 2. The first-order valence-corrected chi connectivity index (χ1v) is 4.14. The fourth-order valence-electron chi connectivity index (χ4n) is 0.323. The van der Waals surface area contributed by atoms with Gasteiger partial charge in [-0.15, -0.1) is 0 Å². The molecule has 12 heavy (non-hydrogen) atoms. The summed E-state index contributed by atoms with van der Waals surface area (Å²) < 4.78 is 26.7. The van der Waals surface area contributed by atoms with Crippen LogP contribution in [0, 0.1) is 0 Å². The van der Waals surface area contributed by atoms with E-state index in [0.29, 0.717) is 26.1 Å². The predicted octanol–water partition coefficient (Wildman–Crippen LogP) is 1.72. The first kappa shape index (κ1) is 14.3. The SMILES string of the molecule is CCCF.OCCOCCCF. The van der Waals surface area contributed by atoms with Gasteiger partial charge < -0.3 is 9.84 Å². The molecule has 2 nitrogen and oxygen atoms in total. The monoisotopic (exact) mass is 184 g/mol. The third-order valence-electron chi connectivity index (χ3n) is 0.847. The van der Waals surface area contributed by atoms with Crippen LogP contribution in [0.15, 0.2) is 0 Å². The largest absolute Gasteiger partial charge is 0.394 e. The van der Waals surface area contributed by atoms with E-state index in [-0.39, 0.29) is 20.0 Å². The average Bonchev–Trinajstić information content (AvgIpc) is 2.13. The van der Waals surface area contributed by atoms with Gasteiger partial charge in [0.15, 0.2) is 0 Å². The van der Waals surface area contributed by atoms with Gasteiger partial charge >= 0.3 is 0 Å². The summed E-state index contributed by atoms with van der Waals surface area (Å²) in [4.78, 5) is 0. The minimum absolute atomic E-state index is 0.0201. The van der Waals surface area contributed by atoms with Crippen LogP contribution in [0.3, 0.4) is 0 Å². The van der Waals surface area contributed by atoms with Crippen molar-refractivity contribution in [3.05, 3.63) is 0 Å². The molecular weight excluding hydrogens is 166 g/mol. The maximum Gasteiger partial charge on any atom is 0.0916 e. The van der Waals surface area contributed by atoms with Gasteiger partial charge in [0.05, 0.1) is 26.6 Å². The second kappa shape index (κ2) is 17.0. The van der Waals surface area contributed by atoms with Gasteiger partial charge in [0.2, 0.25) is 0 Å². The molecule has 0 unspecified atom stereocenters. The van der Waals surface area contributed by atoms with Crippen molar-refractivity contribution in [3.8, 4) is 0 Å². The fraction of sp³-hybridized carbons (Fsp3) is 1.00. The zero-order valence-electron chi connectivity index (χ0n) is 7.56. The molecule has 0 aromatic heterocycles. The minimum Gasteiger partial charge on any atom is -0.394 e. The van der Waals surface area contributed by atoms with Gasteiger partial charge in [-0.3, -0.25) is 8.78 Å². The van der Waals surface area contributed by atoms with Crippen molar-refractivity contribution in [1.29, 1.82) is 0 Å². The first-order valence-electron chi connectivity index (χ1n) is 4.14. The minimum atomic E-state index is -0.342. The van der Waals surface area contributed by atoms with E-state index >= 15 is 0 Å². The van der Waals surface area contributed by atoms with Gasteiger partial charge in [0.1, 0.15) is 0 Å². The lowest BCUT2D eigenvalue weighted by Gasteiger charge is -1.96. The lowest BCUT2D eigenvalue weighted by molar-refractivity contribution is 0.0875. The lowest BCUT2D eigenvalue weighted by Crippen LogP contribution is -2.00. The third kappa shape index (κ3) is 22.6. The Morgan fingerprint density at radius 1 is 1.17 bits per heavy atom. The molecule has 1 N–H and O–H groups in total. The van der Waals surface area contributed by atoms with E-state index < -0.39 is 0 Å². The molecule has 0 aromatic rings. The highest BCUT2D eigenvalue weighted by Gasteiger charge is 1.84. The topological polar surface area (TPSA) is 29.5 Å². The van der Waals surface area contributed by atoms with Gasteiger partial charge in [-0.05, 0) is 12.8 Å². The third-order valence-corrected chi connectivity index (χ3v) is 0.847. The second-order valence-electron chi connectivity index (χ2n) is 2.07. The Labute approximate surface area is 72.5 Å². The Hall–Kier alpha value is -0.220. The van der Waals surface area contributed by atoms with Crippen molar-refractivity contribution < 1.29 is 18.6 Å². The molecule has 4 heteroatoms. The predicted molar refractivity (Wildman–Crippen MR) is 44.8 cm³/mol. The standard InChI is InChI=1S/C5H11FO2.C3H7F/c6-2-1-4-8-5-3-7;1-2-3-4/h7H,1-5H2;2-3H2,1H3. The van der Waals surface area contributed by atoms with Gasteiger partial charge in [-0.1, -0.05) is 6.92 Å². The molecule has 0 heterocycles. The molecule has 0 aliphatic heterocycles. The normalized spacial score (nSPS) is 9.00. The van der Waals surface area contributed by atoms with Crippen molar-refractivity contribution in [1.82, 2.24) is 0 Å². The van der Waals surface area contributed by atoms with E-state index in [1.165, 1.54) is 0 Å². The Kier molecular flexibility index (Phi) is 20.3. The number of halogens is 2. The zero-order valence-corrected chi connectivity index (χ0v) is 7.56. The van der Waals surface area contributed by atoms with Crippen molar-refractivity contribution >= 4 is 0 Å². The van der Waals surface area contributed by atoms with Crippen LogP contribution in [0.1, 0.15) is 19.8 Å². The maximum absolute atomic E-state index is 11.3. The quantitative estimate of drug-likeness (QED) is 0.637. The summed E-state index contributed by atoms with van der Waals surface area (Å²) >= 11 is 0. The average molecular weight is 184 g/mol. The van der Waals surface area contributed by atoms with Gasteiger partial charge in [-0.2, -0.15) is 0 Å². The van der Waals surface area contributed by atoms with Gasteiger partial charge in [0.25, 0.3) is 0 Å². The van der Waals surface area contributed by atoms with Crippen LogP contribution >= 0.6 is 0 Å². The summed E-state index contributed by atoms with van der Waals surface area (Å²) in [7, 11) is 0. The smallest absolute Gasteiger partial charge is 0.0916 e. The van der Waals surface area contributed by atoms with E-state index in [4.69, 9.17) is 9.84 Å². The van der Waals surface area contributed by atoms with Crippen LogP contribution in [0.5, 0.6) is 0 Å². The molecule has 0 aliphatic rings.